The molecule has 9 nitrogen and oxygen atoms in total. The molecule has 0 aliphatic rings. The Morgan fingerprint density at radius 1 is 1.03 bits per heavy atom. The Kier molecular flexibility index (Phi) is 6.41. The summed E-state index contributed by atoms with van der Waals surface area (Å²) in [5, 5.41) is 0. The van der Waals surface area contributed by atoms with E-state index in [2.05, 4.69) is 10.9 Å². The number of benzene rings is 2. The SMILES string of the molecule is CCCOc1ccc(C(=O)NNC(=O)Cn2c(=O)n(C)c3ccccc32)cc1OC. The van der Waals surface area contributed by atoms with Gasteiger partial charge in [0, 0.05) is 12.6 Å². The molecule has 0 spiro atoms. The fraction of sp³-hybridized carbons (Fsp3) is 0.286. The molecule has 0 saturated heterocycles. The van der Waals surface area contributed by atoms with Crippen molar-refractivity contribution >= 4 is 22.8 Å². The lowest BCUT2D eigenvalue weighted by Crippen LogP contribution is -2.44. The third-order valence-electron chi connectivity index (χ3n) is 4.56. The zero-order valence-electron chi connectivity index (χ0n) is 17.1. The standard InChI is InChI=1S/C21H24N4O5/c1-4-11-30-17-10-9-14(12-18(17)29-3)20(27)23-22-19(26)13-25-16-8-6-5-7-15(16)24(2)21(25)28/h5-10,12H,4,11,13H2,1-3H3,(H,22,26)(H,23,27). The van der Waals surface area contributed by atoms with Gasteiger partial charge >= 0.3 is 5.69 Å². The Balaban J connectivity index is 1.66. The van der Waals surface area contributed by atoms with Crippen molar-refractivity contribution in [2.24, 2.45) is 7.05 Å². The fourth-order valence-corrected chi connectivity index (χ4v) is 3.04. The average molecular weight is 412 g/mol. The molecule has 2 amide bonds. The highest BCUT2D eigenvalue weighted by Crippen LogP contribution is 2.28. The molecule has 3 rings (SSSR count). The van der Waals surface area contributed by atoms with Crippen LogP contribution in [0.3, 0.4) is 0 Å². The summed E-state index contributed by atoms with van der Waals surface area (Å²) in [7, 11) is 3.13. The van der Waals surface area contributed by atoms with Crippen LogP contribution in [0.15, 0.2) is 47.3 Å². The van der Waals surface area contributed by atoms with Crippen LogP contribution in [-0.4, -0.2) is 34.7 Å². The summed E-state index contributed by atoms with van der Waals surface area (Å²) in [6.45, 7) is 2.29. The number of methoxy groups -OCH3 is 1. The number of hydrazine groups is 1. The maximum Gasteiger partial charge on any atom is 0.329 e. The normalized spacial score (nSPS) is 10.6. The lowest BCUT2D eigenvalue weighted by atomic mass is 10.2. The molecule has 0 saturated carbocycles. The molecule has 2 aromatic carbocycles. The van der Waals surface area contributed by atoms with Gasteiger partial charge in [-0.1, -0.05) is 19.1 Å². The van der Waals surface area contributed by atoms with Crippen LogP contribution in [0, 0.1) is 0 Å². The summed E-state index contributed by atoms with van der Waals surface area (Å²) in [6.07, 6.45) is 0.844. The topological polar surface area (TPSA) is 104 Å². The van der Waals surface area contributed by atoms with E-state index in [-0.39, 0.29) is 12.2 Å². The number of ether oxygens (including phenoxy) is 2. The minimum Gasteiger partial charge on any atom is -0.493 e. The molecule has 0 atom stereocenters. The quantitative estimate of drug-likeness (QED) is 0.574. The van der Waals surface area contributed by atoms with E-state index in [1.54, 1.807) is 37.4 Å². The van der Waals surface area contributed by atoms with Crippen molar-refractivity contribution in [3.63, 3.8) is 0 Å². The first-order valence-corrected chi connectivity index (χ1v) is 9.50. The molecule has 0 fully saturated rings. The zero-order chi connectivity index (χ0) is 21.7. The van der Waals surface area contributed by atoms with E-state index in [0.717, 1.165) is 11.9 Å². The van der Waals surface area contributed by atoms with Gasteiger partial charge in [-0.3, -0.25) is 29.6 Å². The molecular weight excluding hydrogens is 388 g/mol. The van der Waals surface area contributed by atoms with Gasteiger partial charge in [0.2, 0.25) is 0 Å². The number of rotatable bonds is 7. The van der Waals surface area contributed by atoms with Crippen molar-refractivity contribution in [2.45, 2.75) is 19.9 Å². The second-order valence-electron chi connectivity index (χ2n) is 6.63. The lowest BCUT2D eigenvalue weighted by molar-refractivity contribution is -0.122. The van der Waals surface area contributed by atoms with Crippen LogP contribution in [-0.2, 0) is 18.4 Å². The predicted molar refractivity (Wildman–Crippen MR) is 112 cm³/mol. The summed E-state index contributed by atoms with van der Waals surface area (Å²) in [4.78, 5) is 37.1. The Labute approximate surface area is 173 Å². The summed E-state index contributed by atoms with van der Waals surface area (Å²) >= 11 is 0. The first kappa shape index (κ1) is 21.0. The van der Waals surface area contributed by atoms with E-state index in [1.807, 2.05) is 13.0 Å². The van der Waals surface area contributed by atoms with Crippen molar-refractivity contribution < 1.29 is 19.1 Å². The molecule has 0 aliphatic carbocycles. The van der Waals surface area contributed by atoms with Crippen LogP contribution in [0.2, 0.25) is 0 Å². The third-order valence-corrected chi connectivity index (χ3v) is 4.56. The number of amides is 2. The van der Waals surface area contributed by atoms with Crippen LogP contribution in [0.25, 0.3) is 11.0 Å². The van der Waals surface area contributed by atoms with Crippen molar-refractivity contribution in [1.29, 1.82) is 0 Å². The number of carbonyl (C=O) groups excluding carboxylic acids is 2. The minimum absolute atomic E-state index is 0.229. The first-order valence-electron chi connectivity index (χ1n) is 9.50. The Morgan fingerprint density at radius 3 is 2.47 bits per heavy atom. The summed E-state index contributed by atoms with van der Waals surface area (Å²) < 4.78 is 13.6. The summed E-state index contributed by atoms with van der Waals surface area (Å²) in [5.74, 6) is -0.0920. The van der Waals surface area contributed by atoms with Crippen LogP contribution >= 0.6 is 0 Å². The number of hydrogen-bond donors (Lipinski definition) is 2. The smallest absolute Gasteiger partial charge is 0.329 e. The van der Waals surface area contributed by atoms with E-state index >= 15 is 0 Å². The van der Waals surface area contributed by atoms with Gasteiger partial charge in [-0.25, -0.2) is 4.79 Å². The second-order valence-corrected chi connectivity index (χ2v) is 6.63. The van der Waals surface area contributed by atoms with Gasteiger partial charge in [0.05, 0.1) is 24.8 Å². The van der Waals surface area contributed by atoms with E-state index in [1.165, 1.54) is 22.3 Å². The number of aryl methyl sites for hydroxylation is 1. The maximum atomic E-state index is 12.4. The molecule has 158 valence electrons. The molecule has 3 aromatic rings. The number of fused-ring (bicyclic) bond motifs is 1. The van der Waals surface area contributed by atoms with Crippen LogP contribution in [0.4, 0.5) is 0 Å². The van der Waals surface area contributed by atoms with E-state index in [9.17, 15) is 14.4 Å². The zero-order valence-corrected chi connectivity index (χ0v) is 17.1. The van der Waals surface area contributed by atoms with Gasteiger partial charge in [0.25, 0.3) is 11.8 Å². The van der Waals surface area contributed by atoms with Gasteiger partial charge in [-0.05, 0) is 36.8 Å². The number of aromatic nitrogens is 2. The highest BCUT2D eigenvalue weighted by Gasteiger charge is 2.15. The van der Waals surface area contributed by atoms with Crippen molar-refractivity contribution in [1.82, 2.24) is 20.0 Å². The van der Waals surface area contributed by atoms with Crippen molar-refractivity contribution in [3.8, 4) is 11.5 Å². The Bertz CT molecular complexity index is 1130. The highest BCUT2D eigenvalue weighted by atomic mass is 16.5. The number of para-hydroxylation sites is 2. The highest BCUT2D eigenvalue weighted by molar-refractivity contribution is 5.96. The minimum atomic E-state index is -0.531. The molecular formula is C21H24N4O5. The number of imidazole rings is 1. The van der Waals surface area contributed by atoms with Crippen LogP contribution in [0.1, 0.15) is 23.7 Å². The average Bonchev–Trinajstić information content (AvgIpc) is 3.01. The van der Waals surface area contributed by atoms with Gasteiger partial charge in [-0.2, -0.15) is 0 Å². The van der Waals surface area contributed by atoms with Crippen molar-refractivity contribution in [2.75, 3.05) is 13.7 Å². The van der Waals surface area contributed by atoms with Gasteiger partial charge < -0.3 is 9.47 Å². The van der Waals surface area contributed by atoms with Crippen LogP contribution in [0.5, 0.6) is 11.5 Å². The Hall–Kier alpha value is -3.75. The maximum absolute atomic E-state index is 12.4. The van der Waals surface area contributed by atoms with E-state index in [0.29, 0.717) is 29.2 Å². The predicted octanol–water partition coefficient (Wildman–Crippen LogP) is 1.60. The third kappa shape index (κ3) is 4.29. The molecule has 0 radical (unpaired) electrons. The second kappa shape index (κ2) is 9.17. The van der Waals surface area contributed by atoms with Crippen molar-refractivity contribution in [3.05, 3.63) is 58.5 Å². The summed E-state index contributed by atoms with van der Waals surface area (Å²) in [6, 6.07) is 11.9. The summed E-state index contributed by atoms with van der Waals surface area (Å²) in [5.41, 5.74) is 6.02. The van der Waals surface area contributed by atoms with E-state index in [4.69, 9.17) is 9.47 Å². The number of nitrogens with one attached hydrogen (secondary N) is 2. The van der Waals surface area contributed by atoms with E-state index < -0.39 is 11.8 Å². The van der Waals surface area contributed by atoms with Gasteiger partial charge in [0.15, 0.2) is 11.5 Å². The monoisotopic (exact) mass is 412 g/mol. The van der Waals surface area contributed by atoms with Gasteiger partial charge in [-0.15, -0.1) is 0 Å². The van der Waals surface area contributed by atoms with Crippen LogP contribution < -0.4 is 26.0 Å². The molecule has 30 heavy (non-hydrogen) atoms. The molecule has 2 N–H and O–H groups in total. The molecule has 9 heteroatoms. The number of nitrogens with zero attached hydrogens (tertiary/aromatic N) is 2. The molecule has 0 aliphatic heterocycles. The largest absolute Gasteiger partial charge is 0.493 e. The Morgan fingerprint density at radius 2 is 1.77 bits per heavy atom. The lowest BCUT2D eigenvalue weighted by Gasteiger charge is -2.12. The van der Waals surface area contributed by atoms with Gasteiger partial charge in [0.1, 0.15) is 6.54 Å². The molecule has 1 heterocycles. The molecule has 0 unspecified atom stereocenters. The number of hydrogen-bond acceptors (Lipinski definition) is 5. The fourth-order valence-electron chi connectivity index (χ4n) is 3.04. The molecule has 0 bridgehead atoms. The number of carbonyl (C=O) groups is 2. The first-order chi connectivity index (χ1) is 14.5. The molecule has 1 aromatic heterocycles.